The van der Waals surface area contributed by atoms with Gasteiger partial charge in [-0.2, -0.15) is 0 Å². The van der Waals surface area contributed by atoms with Crippen molar-refractivity contribution in [2.24, 2.45) is 11.3 Å². The third-order valence-corrected chi connectivity index (χ3v) is 4.39. The molecule has 2 fully saturated rings. The van der Waals surface area contributed by atoms with E-state index < -0.39 is 0 Å². The minimum atomic E-state index is 0.547. The van der Waals surface area contributed by atoms with Gasteiger partial charge in [0.25, 0.3) is 0 Å². The van der Waals surface area contributed by atoms with E-state index in [4.69, 9.17) is 5.73 Å². The molecule has 2 saturated carbocycles. The molecule has 0 amide bonds. The smallest absolute Gasteiger partial charge is 0.201 e. The van der Waals surface area contributed by atoms with E-state index in [2.05, 4.69) is 14.5 Å². The molecular weight excluding hydrogens is 212 g/mol. The van der Waals surface area contributed by atoms with E-state index in [0.29, 0.717) is 11.4 Å². The fraction of sp³-hybridized carbons (Fsp3) is 0.538. The number of nitrogens with zero attached hydrogens (tertiary/aromatic N) is 3. The van der Waals surface area contributed by atoms with Gasteiger partial charge in [-0.05, 0) is 43.1 Å². The standard InChI is InChI=1S/C13H16N4/c14-12-16-10-7-15-6-3-11(10)17(12)8-13(4-5-13)9-1-2-9/h3,6-7,9H,1-2,4-5,8H2,(H2,14,16). The number of hydrogen-bond acceptors (Lipinski definition) is 3. The summed E-state index contributed by atoms with van der Waals surface area (Å²) in [7, 11) is 0. The van der Waals surface area contributed by atoms with Gasteiger partial charge in [-0.3, -0.25) is 4.98 Å². The highest BCUT2D eigenvalue weighted by Gasteiger charge is 2.54. The number of pyridine rings is 1. The Hall–Kier alpha value is -1.58. The van der Waals surface area contributed by atoms with Crippen LogP contribution in [0, 0.1) is 11.3 Å². The number of aromatic nitrogens is 3. The van der Waals surface area contributed by atoms with Crippen molar-refractivity contribution in [2.75, 3.05) is 5.73 Å². The topological polar surface area (TPSA) is 56.7 Å². The SMILES string of the molecule is Nc1nc2cnccc2n1CC1(C2CC2)CC1. The fourth-order valence-corrected chi connectivity index (χ4v) is 3.03. The van der Waals surface area contributed by atoms with Gasteiger partial charge in [0.2, 0.25) is 5.95 Å². The summed E-state index contributed by atoms with van der Waals surface area (Å²) in [6.45, 7) is 1.05. The van der Waals surface area contributed by atoms with E-state index in [1.54, 1.807) is 6.20 Å². The molecule has 2 aliphatic rings. The first-order chi connectivity index (χ1) is 8.28. The van der Waals surface area contributed by atoms with Crippen molar-refractivity contribution in [1.82, 2.24) is 14.5 Å². The molecule has 2 aromatic heterocycles. The first-order valence-corrected chi connectivity index (χ1v) is 6.34. The summed E-state index contributed by atoms with van der Waals surface area (Å²) >= 11 is 0. The van der Waals surface area contributed by atoms with Gasteiger partial charge in [0, 0.05) is 12.7 Å². The maximum atomic E-state index is 6.03. The van der Waals surface area contributed by atoms with Crippen LogP contribution in [-0.2, 0) is 6.54 Å². The normalized spacial score (nSPS) is 21.9. The van der Waals surface area contributed by atoms with Gasteiger partial charge in [0.05, 0.1) is 11.7 Å². The number of anilines is 1. The Morgan fingerprint density at radius 3 is 2.94 bits per heavy atom. The Morgan fingerprint density at radius 2 is 2.24 bits per heavy atom. The zero-order chi connectivity index (χ0) is 11.5. The predicted molar refractivity (Wildman–Crippen MR) is 66.3 cm³/mol. The van der Waals surface area contributed by atoms with Crippen molar-refractivity contribution in [2.45, 2.75) is 32.2 Å². The molecule has 0 radical (unpaired) electrons. The van der Waals surface area contributed by atoms with Gasteiger partial charge in [-0.25, -0.2) is 4.98 Å². The lowest BCUT2D eigenvalue weighted by atomic mass is 10.0. The number of nitrogens with two attached hydrogens (primary N) is 1. The maximum absolute atomic E-state index is 6.03. The minimum Gasteiger partial charge on any atom is -0.369 e. The quantitative estimate of drug-likeness (QED) is 0.876. The van der Waals surface area contributed by atoms with Crippen molar-refractivity contribution in [3.8, 4) is 0 Å². The highest BCUT2D eigenvalue weighted by Crippen LogP contribution is 2.62. The zero-order valence-electron chi connectivity index (χ0n) is 9.76. The second-order valence-corrected chi connectivity index (χ2v) is 5.56. The molecule has 0 saturated heterocycles. The van der Waals surface area contributed by atoms with Crippen LogP contribution in [0.1, 0.15) is 25.7 Å². The Morgan fingerprint density at radius 1 is 1.41 bits per heavy atom. The molecule has 0 bridgehead atoms. The van der Waals surface area contributed by atoms with Gasteiger partial charge in [-0.15, -0.1) is 0 Å². The molecule has 2 aromatic rings. The molecule has 4 rings (SSSR count). The van der Waals surface area contributed by atoms with Crippen LogP contribution in [0.5, 0.6) is 0 Å². The summed E-state index contributed by atoms with van der Waals surface area (Å²) in [5, 5.41) is 0. The molecule has 17 heavy (non-hydrogen) atoms. The minimum absolute atomic E-state index is 0.547. The lowest BCUT2D eigenvalue weighted by Gasteiger charge is -2.16. The van der Waals surface area contributed by atoms with Crippen molar-refractivity contribution in [1.29, 1.82) is 0 Å². The van der Waals surface area contributed by atoms with E-state index in [1.165, 1.54) is 25.7 Å². The molecule has 4 nitrogen and oxygen atoms in total. The predicted octanol–water partition coefficient (Wildman–Crippen LogP) is 2.20. The van der Waals surface area contributed by atoms with E-state index in [1.807, 2.05) is 12.3 Å². The number of rotatable bonds is 3. The van der Waals surface area contributed by atoms with Crippen LogP contribution in [0.4, 0.5) is 5.95 Å². The fourth-order valence-electron chi connectivity index (χ4n) is 3.03. The Labute approximate surface area is 99.9 Å². The molecule has 88 valence electrons. The monoisotopic (exact) mass is 228 g/mol. The van der Waals surface area contributed by atoms with Crippen molar-refractivity contribution >= 4 is 17.0 Å². The molecule has 2 aliphatic carbocycles. The summed E-state index contributed by atoms with van der Waals surface area (Å²) in [6, 6.07) is 2.02. The first-order valence-electron chi connectivity index (χ1n) is 6.34. The Kier molecular flexibility index (Phi) is 1.67. The molecule has 0 spiro atoms. The second kappa shape index (κ2) is 3.00. The van der Waals surface area contributed by atoms with Crippen LogP contribution in [0.15, 0.2) is 18.5 Å². The number of hydrogen-bond donors (Lipinski definition) is 1. The van der Waals surface area contributed by atoms with Crippen LogP contribution in [-0.4, -0.2) is 14.5 Å². The highest BCUT2D eigenvalue weighted by molar-refractivity contribution is 5.77. The molecule has 0 atom stereocenters. The van der Waals surface area contributed by atoms with Crippen LogP contribution in [0.3, 0.4) is 0 Å². The average Bonchev–Trinajstić information content (AvgIpc) is 3.20. The molecular formula is C13H16N4. The van der Waals surface area contributed by atoms with E-state index in [0.717, 1.165) is 23.5 Å². The van der Waals surface area contributed by atoms with Gasteiger partial charge in [0.1, 0.15) is 5.52 Å². The number of imidazole rings is 1. The van der Waals surface area contributed by atoms with E-state index in [-0.39, 0.29) is 0 Å². The Bertz CT molecular complexity index is 578. The molecule has 0 aliphatic heterocycles. The molecule has 0 aromatic carbocycles. The molecule has 2 N–H and O–H groups in total. The maximum Gasteiger partial charge on any atom is 0.201 e. The van der Waals surface area contributed by atoms with Crippen LogP contribution in [0.25, 0.3) is 11.0 Å². The summed E-state index contributed by atoms with van der Waals surface area (Å²) < 4.78 is 2.18. The summed E-state index contributed by atoms with van der Waals surface area (Å²) in [4.78, 5) is 8.48. The lowest BCUT2D eigenvalue weighted by molar-refractivity contribution is 0.377. The van der Waals surface area contributed by atoms with Gasteiger partial charge in [-0.1, -0.05) is 0 Å². The van der Waals surface area contributed by atoms with Crippen molar-refractivity contribution < 1.29 is 0 Å². The van der Waals surface area contributed by atoms with Crippen molar-refractivity contribution in [3.63, 3.8) is 0 Å². The highest BCUT2D eigenvalue weighted by atomic mass is 15.2. The van der Waals surface area contributed by atoms with Gasteiger partial charge >= 0.3 is 0 Å². The van der Waals surface area contributed by atoms with Crippen LogP contribution in [0.2, 0.25) is 0 Å². The Balaban J connectivity index is 1.77. The van der Waals surface area contributed by atoms with E-state index >= 15 is 0 Å². The first kappa shape index (κ1) is 9.45. The molecule has 4 heteroatoms. The van der Waals surface area contributed by atoms with Gasteiger partial charge in [0.15, 0.2) is 0 Å². The molecule has 2 heterocycles. The van der Waals surface area contributed by atoms with E-state index in [9.17, 15) is 0 Å². The number of nitrogen functional groups attached to an aromatic ring is 1. The lowest BCUT2D eigenvalue weighted by Crippen LogP contribution is -2.15. The zero-order valence-corrected chi connectivity index (χ0v) is 9.76. The third kappa shape index (κ3) is 1.36. The average molecular weight is 228 g/mol. The number of fused-ring (bicyclic) bond motifs is 1. The van der Waals surface area contributed by atoms with Crippen LogP contribution < -0.4 is 5.73 Å². The largest absolute Gasteiger partial charge is 0.369 e. The summed E-state index contributed by atoms with van der Waals surface area (Å²) in [6.07, 6.45) is 9.15. The van der Waals surface area contributed by atoms with Crippen LogP contribution >= 0.6 is 0 Å². The van der Waals surface area contributed by atoms with Gasteiger partial charge < -0.3 is 10.3 Å². The summed E-state index contributed by atoms with van der Waals surface area (Å²) in [5.41, 5.74) is 8.62. The second-order valence-electron chi connectivity index (χ2n) is 5.56. The summed E-state index contributed by atoms with van der Waals surface area (Å²) in [5.74, 6) is 1.58. The molecule has 0 unspecified atom stereocenters. The van der Waals surface area contributed by atoms with Crippen molar-refractivity contribution in [3.05, 3.63) is 18.5 Å². The third-order valence-electron chi connectivity index (χ3n) is 4.39.